The van der Waals surface area contributed by atoms with Gasteiger partial charge >= 0.3 is 0 Å². The van der Waals surface area contributed by atoms with Gasteiger partial charge < -0.3 is 15.0 Å². The summed E-state index contributed by atoms with van der Waals surface area (Å²) in [5.41, 5.74) is 2.16. The Morgan fingerprint density at radius 1 is 1.21 bits per heavy atom. The third kappa shape index (κ3) is 3.83. The topological polar surface area (TPSA) is 49.9 Å². The molecule has 2 aromatic rings. The zero-order valence-electron chi connectivity index (χ0n) is 11.6. The predicted octanol–water partition coefficient (Wildman–Crippen LogP) is 2.98. The van der Waals surface area contributed by atoms with Gasteiger partial charge in [-0.1, -0.05) is 6.92 Å². The lowest BCUT2D eigenvalue weighted by Crippen LogP contribution is -2.14. The summed E-state index contributed by atoms with van der Waals surface area (Å²) in [6.45, 7) is 6.62. The van der Waals surface area contributed by atoms with E-state index in [0.29, 0.717) is 6.61 Å². The van der Waals surface area contributed by atoms with Gasteiger partial charge in [0.25, 0.3) is 0 Å². The molecule has 1 heterocycles. The van der Waals surface area contributed by atoms with E-state index in [2.05, 4.69) is 22.2 Å². The minimum Gasteiger partial charge on any atom is -0.494 e. The summed E-state index contributed by atoms with van der Waals surface area (Å²) in [5, 5.41) is 3.33. The standard InChI is InChI=1S/C15H21N3O/c1-3-9-16-11-15-17-10-14(18-15)12-5-7-13(8-6-12)19-4-2/h5-8,10,16H,3-4,9,11H2,1-2H3,(H,17,18). The first-order valence-electron chi connectivity index (χ1n) is 6.81. The van der Waals surface area contributed by atoms with Gasteiger partial charge in [0.1, 0.15) is 11.6 Å². The highest BCUT2D eigenvalue weighted by atomic mass is 16.5. The van der Waals surface area contributed by atoms with Gasteiger partial charge in [0.15, 0.2) is 0 Å². The van der Waals surface area contributed by atoms with Gasteiger partial charge in [0.2, 0.25) is 0 Å². The molecule has 0 atom stereocenters. The predicted molar refractivity (Wildman–Crippen MR) is 77.2 cm³/mol. The van der Waals surface area contributed by atoms with Crippen LogP contribution in [0.5, 0.6) is 5.75 Å². The summed E-state index contributed by atoms with van der Waals surface area (Å²) in [4.78, 5) is 7.70. The normalized spacial score (nSPS) is 10.6. The summed E-state index contributed by atoms with van der Waals surface area (Å²) >= 11 is 0. The van der Waals surface area contributed by atoms with E-state index in [1.807, 2.05) is 37.4 Å². The SMILES string of the molecule is CCCNCc1ncc(-c2ccc(OCC)cc2)[nH]1. The molecule has 0 aliphatic heterocycles. The lowest BCUT2D eigenvalue weighted by molar-refractivity contribution is 0.340. The second-order valence-corrected chi connectivity index (χ2v) is 4.38. The lowest BCUT2D eigenvalue weighted by atomic mass is 10.2. The summed E-state index contributed by atoms with van der Waals surface area (Å²) in [5.74, 6) is 1.87. The second-order valence-electron chi connectivity index (χ2n) is 4.38. The first-order valence-corrected chi connectivity index (χ1v) is 6.81. The Balaban J connectivity index is 2.01. The summed E-state index contributed by atoms with van der Waals surface area (Å²) < 4.78 is 5.43. The number of hydrogen-bond acceptors (Lipinski definition) is 3. The van der Waals surface area contributed by atoms with Crippen molar-refractivity contribution in [3.63, 3.8) is 0 Å². The van der Waals surface area contributed by atoms with E-state index in [1.54, 1.807) is 0 Å². The number of nitrogens with one attached hydrogen (secondary N) is 2. The van der Waals surface area contributed by atoms with Crippen LogP contribution >= 0.6 is 0 Å². The number of aromatic amines is 1. The molecule has 2 N–H and O–H groups in total. The Morgan fingerprint density at radius 3 is 2.68 bits per heavy atom. The van der Waals surface area contributed by atoms with Gasteiger partial charge in [-0.25, -0.2) is 4.98 Å². The van der Waals surface area contributed by atoms with E-state index in [9.17, 15) is 0 Å². The van der Waals surface area contributed by atoms with Crippen molar-refractivity contribution in [3.05, 3.63) is 36.3 Å². The van der Waals surface area contributed by atoms with Crippen molar-refractivity contribution in [2.45, 2.75) is 26.8 Å². The quantitative estimate of drug-likeness (QED) is 0.752. The van der Waals surface area contributed by atoms with Crippen molar-refractivity contribution < 1.29 is 4.74 Å². The van der Waals surface area contributed by atoms with Crippen molar-refractivity contribution in [2.75, 3.05) is 13.2 Å². The molecule has 4 heteroatoms. The number of H-pyrrole nitrogens is 1. The molecule has 1 aromatic carbocycles. The molecular weight excluding hydrogens is 238 g/mol. The number of benzene rings is 1. The van der Waals surface area contributed by atoms with Gasteiger partial charge in [0, 0.05) is 0 Å². The van der Waals surface area contributed by atoms with Crippen LogP contribution in [0, 0.1) is 0 Å². The van der Waals surface area contributed by atoms with Crippen molar-refractivity contribution in [1.82, 2.24) is 15.3 Å². The van der Waals surface area contributed by atoms with Crippen molar-refractivity contribution in [1.29, 1.82) is 0 Å². The Labute approximate surface area is 114 Å². The summed E-state index contributed by atoms with van der Waals surface area (Å²) in [6.07, 6.45) is 3.01. The molecule has 2 rings (SSSR count). The van der Waals surface area contributed by atoms with Crippen LogP contribution < -0.4 is 10.1 Å². The molecule has 0 aliphatic rings. The van der Waals surface area contributed by atoms with Crippen LogP contribution in [0.15, 0.2) is 30.5 Å². The van der Waals surface area contributed by atoms with Crippen LogP contribution in [0.3, 0.4) is 0 Å². The van der Waals surface area contributed by atoms with E-state index < -0.39 is 0 Å². The average molecular weight is 259 g/mol. The number of rotatable bonds is 7. The molecule has 102 valence electrons. The maximum absolute atomic E-state index is 5.43. The van der Waals surface area contributed by atoms with Crippen LogP contribution in [0.4, 0.5) is 0 Å². The van der Waals surface area contributed by atoms with Crippen LogP contribution in [-0.4, -0.2) is 23.1 Å². The average Bonchev–Trinajstić information content (AvgIpc) is 2.89. The molecule has 0 saturated carbocycles. The Hall–Kier alpha value is -1.81. The largest absolute Gasteiger partial charge is 0.494 e. The Bertz CT molecular complexity index is 490. The zero-order chi connectivity index (χ0) is 13.5. The smallest absolute Gasteiger partial charge is 0.120 e. The zero-order valence-corrected chi connectivity index (χ0v) is 11.6. The lowest BCUT2D eigenvalue weighted by Gasteiger charge is -2.03. The minimum atomic E-state index is 0.691. The number of hydrogen-bond donors (Lipinski definition) is 2. The van der Waals surface area contributed by atoms with Crippen LogP contribution in [0.1, 0.15) is 26.1 Å². The van der Waals surface area contributed by atoms with E-state index in [4.69, 9.17) is 4.74 Å². The van der Waals surface area contributed by atoms with E-state index in [0.717, 1.165) is 42.3 Å². The molecule has 0 radical (unpaired) electrons. The molecule has 0 spiro atoms. The van der Waals surface area contributed by atoms with E-state index >= 15 is 0 Å². The molecule has 0 aliphatic carbocycles. The van der Waals surface area contributed by atoms with E-state index in [1.165, 1.54) is 0 Å². The fraction of sp³-hybridized carbons (Fsp3) is 0.400. The molecule has 4 nitrogen and oxygen atoms in total. The van der Waals surface area contributed by atoms with Crippen molar-refractivity contribution in [3.8, 4) is 17.0 Å². The molecule has 0 unspecified atom stereocenters. The fourth-order valence-electron chi connectivity index (χ4n) is 1.88. The number of nitrogens with zero attached hydrogens (tertiary/aromatic N) is 1. The van der Waals surface area contributed by atoms with Gasteiger partial charge in [-0.2, -0.15) is 0 Å². The van der Waals surface area contributed by atoms with Crippen LogP contribution in [-0.2, 0) is 6.54 Å². The number of imidazole rings is 1. The molecule has 0 fully saturated rings. The highest BCUT2D eigenvalue weighted by molar-refractivity contribution is 5.59. The van der Waals surface area contributed by atoms with Crippen molar-refractivity contribution in [2.24, 2.45) is 0 Å². The molecule has 19 heavy (non-hydrogen) atoms. The molecule has 0 amide bonds. The Kier molecular flexibility index (Phi) is 4.98. The maximum atomic E-state index is 5.43. The number of ether oxygens (including phenoxy) is 1. The van der Waals surface area contributed by atoms with Crippen LogP contribution in [0.2, 0.25) is 0 Å². The fourth-order valence-corrected chi connectivity index (χ4v) is 1.88. The highest BCUT2D eigenvalue weighted by Gasteiger charge is 2.03. The van der Waals surface area contributed by atoms with Crippen LogP contribution in [0.25, 0.3) is 11.3 Å². The second kappa shape index (κ2) is 6.95. The molecular formula is C15H21N3O. The maximum Gasteiger partial charge on any atom is 0.120 e. The monoisotopic (exact) mass is 259 g/mol. The number of aromatic nitrogens is 2. The third-order valence-electron chi connectivity index (χ3n) is 2.82. The minimum absolute atomic E-state index is 0.691. The van der Waals surface area contributed by atoms with E-state index in [-0.39, 0.29) is 0 Å². The molecule has 0 saturated heterocycles. The van der Waals surface area contributed by atoms with Gasteiger partial charge in [-0.15, -0.1) is 0 Å². The van der Waals surface area contributed by atoms with Gasteiger partial charge in [-0.05, 0) is 49.7 Å². The van der Waals surface area contributed by atoms with Crippen molar-refractivity contribution >= 4 is 0 Å². The van der Waals surface area contributed by atoms with Gasteiger partial charge in [-0.3, -0.25) is 0 Å². The third-order valence-corrected chi connectivity index (χ3v) is 2.82. The highest BCUT2D eigenvalue weighted by Crippen LogP contribution is 2.20. The summed E-state index contributed by atoms with van der Waals surface area (Å²) in [6, 6.07) is 8.05. The molecule has 1 aromatic heterocycles. The molecule has 0 bridgehead atoms. The first-order chi connectivity index (χ1) is 9.33. The Morgan fingerprint density at radius 2 is 2.00 bits per heavy atom. The first kappa shape index (κ1) is 13.6. The van der Waals surface area contributed by atoms with Gasteiger partial charge in [0.05, 0.1) is 25.0 Å². The summed E-state index contributed by atoms with van der Waals surface area (Å²) in [7, 11) is 0.